The number of para-hydroxylation sites is 1. The summed E-state index contributed by atoms with van der Waals surface area (Å²) < 4.78 is 0. The van der Waals surface area contributed by atoms with Gasteiger partial charge < -0.3 is 4.98 Å². The Labute approximate surface area is 81.1 Å². The number of aryl methyl sites for hydroxylation is 1. The number of fused-ring (bicyclic) bond motifs is 1. The van der Waals surface area contributed by atoms with Gasteiger partial charge in [0.05, 0.1) is 0 Å². The number of benzene rings is 1. The van der Waals surface area contributed by atoms with Crippen molar-refractivity contribution in [1.29, 1.82) is 0 Å². The fourth-order valence-corrected chi connectivity index (χ4v) is 1.51. The molecule has 0 saturated carbocycles. The number of nitrogens with two attached hydrogens (primary N) is 1. The molecule has 0 unspecified atom stereocenters. The summed E-state index contributed by atoms with van der Waals surface area (Å²) in [6, 6.07) is 7.68. The van der Waals surface area contributed by atoms with E-state index in [1.807, 2.05) is 25.1 Å². The largest absolute Gasteiger partial charge is 0.350 e. The second-order valence-electron chi connectivity index (χ2n) is 3.20. The smallest absolute Gasteiger partial charge is 0.281 e. The number of rotatable bonds is 1. The zero-order chi connectivity index (χ0) is 10.1. The van der Waals surface area contributed by atoms with Gasteiger partial charge in [0.1, 0.15) is 5.69 Å². The van der Waals surface area contributed by atoms with Gasteiger partial charge in [-0.1, -0.05) is 18.2 Å². The highest BCUT2D eigenvalue weighted by Gasteiger charge is 2.08. The summed E-state index contributed by atoms with van der Waals surface area (Å²) in [4.78, 5) is 14.2. The number of aromatic nitrogens is 1. The van der Waals surface area contributed by atoms with Gasteiger partial charge in [-0.05, 0) is 18.6 Å². The molecule has 0 aliphatic rings. The molecule has 2 aromatic rings. The van der Waals surface area contributed by atoms with E-state index in [4.69, 9.17) is 5.84 Å². The summed E-state index contributed by atoms with van der Waals surface area (Å²) in [5.74, 6) is 4.74. The van der Waals surface area contributed by atoms with Gasteiger partial charge in [0.2, 0.25) is 0 Å². The van der Waals surface area contributed by atoms with Crippen molar-refractivity contribution in [3.63, 3.8) is 0 Å². The number of hydrogen-bond acceptors (Lipinski definition) is 2. The van der Waals surface area contributed by atoms with E-state index < -0.39 is 0 Å². The van der Waals surface area contributed by atoms with Crippen molar-refractivity contribution in [3.8, 4) is 0 Å². The van der Waals surface area contributed by atoms with Crippen molar-refractivity contribution in [2.75, 3.05) is 0 Å². The molecule has 0 spiro atoms. The van der Waals surface area contributed by atoms with E-state index in [0.717, 1.165) is 16.5 Å². The maximum absolute atomic E-state index is 11.2. The van der Waals surface area contributed by atoms with Crippen LogP contribution in [0.1, 0.15) is 16.1 Å². The molecule has 1 heterocycles. The Bertz CT molecular complexity index is 487. The van der Waals surface area contributed by atoms with Crippen molar-refractivity contribution in [2.45, 2.75) is 6.92 Å². The number of amides is 1. The molecule has 0 bridgehead atoms. The van der Waals surface area contributed by atoms with Gasteiger partial charge in [0, 0.05) is 10.9 Å². The molecule has 0 aliphatic heterocycles. The van der Waals surface area contributed by atoms with E-state index in [1.165, 1.54) is 0 Å². The standard InChI is InChI=1S/C10H11N3O/c1-6-3-2-4-7-5-8(10(14)13-11)12-9(6)7/h2-5,12H,11H2,1H3,(H,13,14). The van der Waals surface area contributed by atoms with Crippen LogP contribution in [-0.4, -0.2) is 10.9 Å². The summed E-state index contributed by atoms with van der Waals surface area (Å²) in [5.41, 5.74) is 4.66. The number of carbonyl (C=O) groups is 1. The lowest BCUT2D eigenvalue weighted by atomic mass is 10.2. The maximum Gasteiger partial charge on any atom is 0.281 e. The van der Waals surface area contributed by atoms with E-state index in [0.29, 0.717) is 5.69 Å². The van der Waals surface area contributed by atoms with E-state index in [1.54, 1.807) is 6.07 Å². The van der Waals surface area contributed by atoms with Gasteiger partial charge >= 0.3 is 0 Å². The average molecular weight is 189 g/mol. The zero-order valence-electron chi connectivity index (χ0n) is 7.79. The number of aromatic amines is 1. The van der Waals surface area contributed by atoms with Crippen LogP contribution in [0, 0.1) is 6.92 Å². The molecule has 0 atom stereocenters. The van der Waals surface area contributed by atoms with Crippen molar-refractivity contribution in [2.24, 2.45) is 5.84 Å². The first-order chi connectivity index (χ1) is 6.72. The Hall–Kier alpha value is -1.81. The van der Waals surface area contributed by atoms with Crippen LogP contribution in [0.15, 0.2) is 24.3 Å². The highest BCUT2D eigenvalue weighted by Crippen LogP contribution is 2.18. The number of hydrazine groups is 1. The highest BCUT2D eigenvalue weighted by atomic mass is 16.2. The van der Waals surface area contributed by atoms with Gasteiger partial charge in [0.25, 0.3) is 5.91 Å². The maximum atomic E-state index is 11.2. The average Bonchev–Trinajstić information content (AvgIpc) is 2.62. The third kappa shape index (κ3) is 1.25. The third-order valence-corrected chi connectivity index (χ3v) is 2.24. The molecule has 2 rings (SSSR count). The molecule has 0 radical (unpaired) electrons. The lowest BCUT2D eigenvalue weighted by molar-refractivity contribution is 0.0949. The highest BCUT2D eigenvalue weighted by molar-refractivity contribution is 5.98. The Morgan fingerprint density at radius 2 is 2.29 bits per heavy atom. The fraction of sp³-hybridized carbons (Fsp3) is 0.100. The summed E-state index contributed by atoms with van der Waals surface area (Å²) in [6.07, 6.45) is 0. The summed E-state index contributed by atoms with van der Waals surface area (Å²) in [5, 5.41) is 1.02. The molecule has 4 heteroatoms. The molecule has 0 aliphatic carbocycles. The SMILES string of the molecule is Cc1cccc2cc(C(=O)NN)[nH]c12. The molecular weight excluding hydrogens is 178 g/mol. The lowest BCUT2D eigenvalue weighted by Crippen LogP contribution is -2.30. The molecular formula is C10H11N3O. The minimum absolute atomic E-state index is 0.305. The normalized spacial score (nSPS) is 10.4. The fourth-order valence-electron chi connectivity index (χ4n) is 1.51. The number of nitrogen functional groups attached to an aromatic ring is 1. The molecule has 4 nitrogen and oxygen atoms in total. The molecule has 4 N–H and O–H groups in total. The van der Waals surface area contributed by atoms with E-state index in [-0.39, 0.29) is 5.91 Å². The monoisotopic (exact) mass is 189 g/mol. The van der Waals surface area contributed by atoms with E-state index in [9.17, 15) is 4.79 Å². The van der Waals surface area contributed by atoms with Gasteiger partial charge in [-0.2, -0.15) is 0 Å². The second-order valence-corrected chi connectivity index (χ2v) is 3.20. The Kier molecular flexibility index (Phi) is 1.98. The predicted octanol–water partition coefficient (Wildman–Crippen LogP) is 1.08. The first kappa shape index (κ1) is 8.77. The van der Waals surface area contributed by atoms with Crippen molar-refractivity contribution in [3.05, 3.63) is 35.5 Å². The Balaban J connectivity index is 2.62. The summed E-state index contributed by atoms with van der Waals surface area (Å²) >= 11 is 0. The van der Waals surface area contributed by atoms with Gasteiger partial charge in [0.15, 0.2) is 0 Å². The van der Waals surface area contributed by atoms with Crippen LogP contribution < -0.4 is 11.3 Å². The first-order valence-corrected chi connectivity index (χ1v) is 4.31. The summed E-state index contributed by atoms with van der Waals surface area (Å²) in [7, 11) is 0. The van der Waals surface area contributed by atoms with E-state index in [2.05, 4.69) is 10.4 Å². The Morgan fingerprint density at radius 1 is 1.50 bits per heavy atom. The van der Waals surface area contributed by atoms with Crippen LogP contribution in [-0.2, 0) is 0 Å². The quantitative estimate of drug-likeness (QED) is 0.357. The van der Waals surface area contributed by atoms with Gasteiger partial charge in [-0.25, -0.2) is 5.84 Å². The van der Waals surface area contributed by atoms with Crippen molar-refractivity contribution >= 4 is 16.8 Å². The van der Waals surface area contributed by atoms with E-state index >= 15 is 0 Å². The molecule has 14 heavy (non-hydrogen) atoms. The summed E-state index contributed by atoms with van der Waals surface area (Å²) in [6.45, 7) is 1.99. The lowest BCUT2D eigenvalue weighted by Gasteiger charge is -1.94. The molecule has 0 fully saturated rings. The predicted molar refractivity (Wildman–Crippen MR) is 54.7 cm³/mol. The number of H-pyrrole nitrogens is 1. The number of hydrogen-bond donors (Lipinski definition) is 3. The molecule has 72 valence electrons. The molecule has 1 aromatic carbocycles. The van der Waals surface area contributed by atoms with Crippen LogP contribution in [0.3, 0.4) is 0 Å². The Morgan fingerprint density at radius 3 is 2.93 bits per heavy atom. The van der Waals surface area contributed by atoms with Gasteiger partial charge in [-0.3, -0.25) is 10.2 Å². The second kappa shape index (κ2) is 3.16. The van der Waals surface area contributed by atoms with Crippen LogP contribution in [0.4, 0.5) is 0 Å². The van der Waals surface area contributed by atoms with Crippen LogP contribution in [0.5, 0.6) is 0 Å². The molecule has 1 aromatic heterocycles. The third-order valence-electron chi connectivity index (χ3n) is 2.24. The zero-order valence-corrected chi connectivity index (χ0v) is 7.79. The van der Waals surface area contributed by atoms with Crippen LogP contribution >= 0.6 is 0 Å². The van der Waals surface area contributed by atoms with Crippen molar-refractivity contribution in [1.82, 2.24) is 10.4 Å². The minimum atomic E-state index is -0.305. The topological polar surface area (TPSA) is 70.9 Å². The first-order valence-electron chi connectivity index (χ1n) is 4.31. The number of carbonyl (C=O) groups excluding carboxylic acids is 1. The molecule has 1 amide bonds. The molecule has 0 saturated heterocycles. The van der Waals surface area contributed by atoms with Crippen LogP contribution in [0.25, 0.3) is 10.9 Å². The van der Waals surface area contributed by atoms with Crippen LogP contribution in [0.2, 0.25) is 0 Å². The van der Waals surface area contributed by atoms with Crippen molar-refractivity contribution < 1.29 is 4.79 Å². The van der Waals surface area contributed by atoms with Gasteiger partial charge in [-0.15, -0.1) is 0 Å². The minimum Gasteiger partial charge on any atom is -0.350 e. The number of nitrogens with one attached hydrogen (secondary N) is 2.